The van der Waals surface area contributed by atoms with Gasteiger partial charge in [0.1, 0.15) is 0 Å². The van der Waals surface area contributed by atoms with E-state index in [-0.39, 0.29) is 13.1 Å². The molecule has 0 radical (unpaired) electrons. The van der Waals surface area contributed by atoms with Gasteiger partial charge in [0.25, 0.3) is 5.91 Å². The van der Waals surface area contributed by atoms with Crippen molar-refractivity contribution in [1.29, 1.82) is 5.26 Å². The second-order valence-electron chi connectivity index (χ2n) is 9.67. The zero-order chi connectivity index (χ0) is 28.7. The van der Waals surface area contributed by atoms with Crippen LogP contribution in [0.2, 0.25) is 0 Å². The molecule has 1 heterocycles. The van der Waals surface area contributed by atoms with E-state index in [4.69, 9.17) is 5.11 Å². The highest BCUT2D eigenvalue weighted by Gasteiger charge is 2.22. The van der Waals surface area contributed by atoms with E-state index >= 15 is 0 Å². The van der Waals surface area contributed by atoms with Gasteiger partial charge in [0.05, 0.1) is 23.9 Å². The normalized spacial score (nSPS) is 10.8. The summed E-state index contributed by atoms with van der Waals surface area (Å²) in [5.74, 6) is -0.838. The Hall–Kier alpha value is -5.01. The predicted molar refractivity (Wildman–Crippen MR) is 154 cm³/mol. The molecule has 0 atom stereocenters. The lowest BCUT2D eigenvalue weighted by Gasteiger charge is -2.25. The number of carboxylic acid groups (broad SMARTS) is 1. The zero-order valence-electron chi connectivity index (χ0n) is 21.9. The van der Waals surface area contributed by atoms with Crippen LogP contribution in [-0.2, 0) is 10.2 Å². The van der Waals surface area contributed by atoms with E-state index < -0.39 is 23.3 Å². The van der Waals surface area contributed by atoms with Crippen LogP contribution in [0.25, 0.3) is 22.4 Å². The average Bonchev–Trinajstić information content (AvgIpc) is 3.43. The molecular weight excluding hydrogens is 526 g/mol. The lowest BCUT2D eigenvalue weighted by Crippen LogP contribution is -2.36. The van der Waals surface area contributed by atoms with Crippen molar-refractivity contribution in [2.75, 3.05) is 18.4 Å². The first-order valence-corrected chi connectivity index (χ1v) is 13.2. The van der Waals surface area contributed by atoms with E-state index in [2.05, 4.69) is 27.0 Å². The van der Waals surface area contributed by atoms with Crippen molar-refractivity contribution in [3.63, 3.8) is 0 Å². The van der Waals surface area contributed by atoms with Crippen molar-refractivity contribution in [1.82, 2.24) is 15.6 Å². The second kappa shape index (κ2) is 12.2. The summed E-state index contributed by atoms with van der Waals surface area (Å²) < 4.78 is 0. The third-order valence-corrected chi connectivity index (χ3v) is 6.99. The van der Waals surface area contributed by atoms with Gasteiger partial charge < -0.3 is 21.1 Å². The van der Waals surface area contributed by atoms with Crippen LogP contribution in [0.3, 0.4) is 0 Å². The summed E-state index contributed by atoms with van der Waals surface area (Å²) in [7, 11) is 0. The molecule has 0 aliphatic heterocycles. The third kappa shape index (κ3) is 7.09. The molecule has 0 aliphatic rings. The summed E-state index contributed by atoms with van der Waals surface area (Å²) in [4.78, 5) is 40.6. The van der Waals surface area contributed by atoms with Gasteiger partial charge >= 0.3 is 6.09 Å². The van der Waals surface area contributed by atoms with Crippen LogP contribution in [0.5, 0.6) is 0 Å². The Morgan fingerprint density at radius 2 is 1.65 bits per heavy atom. The Balaban J connectivity index is 1.36. The molecule has 3 aromatic carbocycles. The van der Waals surface area contributed by atoms with Crippen molar-refractivity contribution in [3.8, 4) is 28.5 Å². The van der Waals surface area contributed by atoms with E-state index in [0.29, 0.717) is 22.0 Å². The summed E-state index contributed by atoms with van der Waals surface area (Å²) in [5.41, 5.74) is 4.63. The first kappa shape index (κ1) is 28.0. The summed E-state index contributed by atoms with van der Waals surface area (Å²) in [6, 6.07) is 24.2. The number of thiazole rings is 1. The number of rotatable bonds is 9. The maximum absolute atomic E-state index is 12.7. The fourth-order valence-corrected chi connectivity index (χ4v) is 4.73. The average molecular weight is 554 g/mol. The molecule has 0 saturated carbocycles. The Morgan fingerprint density at radius 3 is 2.40 bits per heavy atom. The molecule has 4 aromatic rings. The number of benzene rings is 3. The van der Waals surface area contributed by atoms with E-state index in [1.165, 1.54) is 11.3 Å². The molecule has 4 rings (SSSR count). The van der Waals surface area contributed by atoms with Gasteiger partial charge in [-0.05, 0) is 47.0 Å². The minimum Gasteiger partial charge on any atom is -0.465 e. The quantitative estimate of drug-likeness (QED) is 0.222. The molecule has 0 unspecified atom stereocenters. The molecule has 10 heteroatoms. The molecule has 40 heavy (non-hydrogen) atoms. The maximum atomic E-state index is 12.7. The first-order valence-electron chi connectivity index (χ1n) is 12.4. The first-order chi connectivity index (χ1) is 19.1. The zero-order valence-corrected chi connectivity index (χ0v) is 22.7. The van der Waals surface area contributed by atoms with E-state index in [1.54, 1.807) is 24.3 Å². The predicted octanol–water partition coefficient (Wildman–Crippen LogP) is 5.26. The molecule has 3 amide bonds. The SMILES string of the molecule is CC(C)(CNC(=O)O)c1cccc(C(=O)NCC(=O)Nc2nc(-c3cccc(-c4cccc(C#N)c4)c3)cs2)c1. The van der Waals surface area contributed by atoms with Crippen molar-refractivity contribution < 1.29 is 19.5 Å². The molecule has 0 fully saturated rings. The number of aromatic nitrogens is 1. The number of nitrogens with zero attached hydrogens (tertiary/aromatic N) is 2. The molecule has 0 bridgehead atoms. The molecular formula is C30H27N5O4S. The number of nitriles is 1. The minimum atomic E-state index is -1.11. The fraction of sp³-hybridized carbons (Fsp3) is 0.167. The topological polar surface area (TPSA) is 144 Å². The van der Waals surface area contributed by atoms with E-state index in [9.17, 15) is 19.6 Å². The summed E-state index contributed by atoms with van der Waals surface area (Å²) >= 11 is 1.28. The van der Waals surface area contributed by atoms with Gasteiger partial charge in [0, 0.05) is 28.5 Å². The van der Waals surface area contributed by atoms with Crippen LogP contribution < -0.4 is 16.0 Å². The second-order valence-corrected chi connectivity index (χ2v) is 10.5. The number of hydrogen-bond acceptors (Lipinski definition) is 6. The van der Waals surface area contributed by atoms with Crippen molar-refractivity contribution in [3.05, 3.63) is 94.9 Å². The number of hydrogen-bond donors (Lipinski definition) is 4. The van der Waals surface area contributed by atoms with Crippen molar-refractivity contribution in [2.45, 2.75) is 19.3 Å². The van der Waals surface area contributed by atoms with Gasteiger partial charge in [0.15, 0.2) is 5.13 Å². The van der Waals surface area contributed by atoms with Crippen LogP contribution in [0.4, 0.5) is 9.93 Å². The van der Waals surface area contributed by atoms with Crippen LogP contribution in [-0.4, -0.2) is 41.1 Å². The molecule has 202 valence electrons. The van der Waals surface area contributed by atoms with Crippen LogP contribution in [0.15, 0.2) is 78.2 Å². The molecule has 9 nitrogen and oxygen atoms in total. The van der Waals surface area contributed by atoms with Crippen LogP contribution in [0, 0.1) is 11.3 Å². The number of carbonyl (C=O) groups excluding carboxylic acids is 2. The Labute approximate surface area is 235 Å². The fourth-order valence-electron chi connectivity index (χ4n) is 4.00. The number of anilines is 1. The van der Waals surface area contributed by atoms with Crippen molar-refractivity contribution in [2.24, 2.45) is 0 Å². The highest BCUT2D eigenvalue weighted by Crippen LogP contribution is 2.29. The number of carbonyl (C=O) groups is 3. The Morgan fingerprint density at radius 1 is 0.950 bits per heavy atom. The van der Waals surface area contributed by atoms with Gasteiger partial charge in [0.2, 0.25) is 5.91 Å². The number of nitrogens with one attached hydrogen (secondary N) is 3. The van der Waals surface area contributed by atoms with Gasteiger partial charge in [-0.1, -0.05) is 56.3 Å². The van der Waals surface area contributed by atoms with E-state index in [0.717, 1.165) is 22.3 Å². The highest BCUT2D eigenvalue weighted by molar-refractivity contribution is 7.14. The lowest BCUT2D eigenvalue weighted by atomic mass is 9.84. The molecule has 1 aromatic heterocycles. The third-order valence-electron chi connectivity index (χ3n) is 6.23. The molecule has 0 spiro atoms. The van der Waals surface area contributed by atoms with Crippen LogP contribution in [0.1, 0.15) is 35.3 Å². The van der Waals surface area contributed by atoms with E-state index in [1.807, 2.05) is 67.8 Å². The number of amides is 3. The smallest absolute Gasteiger partial charge is 0.404 e. The highest BCUT2D eigenvalue weighted by atomic mass is 32.1. The van der Waals surface area contributed by atoms with Gasteiger partial charge in [-0.3, -0.25) is 9.59 Å². The molecule has 0 aliphatic carbocycles. The molecule has 4 N–H and O–H groups in total. The summed E-state index contributed by atoms with van der Waals surface area (Å²) in [6.07, 6.45) is -1.11. The largest absolute Gasteiger partial charge is 0.465 e. The summed E-state index contributed by atoms with van der Waals surface area (Å²) in [5, 5.41) is 28.0. The standard InChI is InChI=1S/C30H27N5O4S/c1-30(2,18-33-29(38)39)24-11-5-10-23(14-24)27(37)32-16-26(36)35-28-34-25(17-40-28)22-9-4-8-21(13-22)20-7-3-6-19(12-20)15-31/h3-14,17,33H,16,18H2,1-2H3,(H,32,37)(H,38,39)(H,34,35,36). The minimum absolute atomic E-state index is 0.185. The maximum Gasteiger partial charge on any atom is 0.404 e. The van der Waals surface area contributed by atoms with Crippen molar-refractivity contribution >= 4 is 34.4 Å². The van der Waals surface area contributed by atoms with Gasteiger partial charge in [-0.2, -0.15) is 5.26 Å². The monoisotopic (exact) mass is 553 g/mol. The Kier molecular flexibility index (Phi) is 8.57. The lowest BCUT2D eigenvalue weighted by molar-refractivity contribution is -0.115. The van der Waals surface area contributed by atoms with Crippen LogP contribution >= 0.6 is 11.3 Å². The molecule has 0 saturated heterocycles. The summed E-state index contributed by atoms with van der Waals surface area (Å²) in [6.45, 7) is 3.69. The Bertz CT molecular complexity index is 1610. The van der Waals surface area contributed by atoms with Gasteiger partial charge in [-0.25, -0.2) is 9.78 Å². The van der Waals surface area contributed by atoms with Gasteiger partial charge in [-0.15, -0.1) is 11.3 Å².